The Balaban J connectivity index is 2.52. The van der Waals surface area contributed by atoms with Gasteiger partial charge in [0.15, 0.2) is 0 Å². The van der Waals surface area contributed by atoms with E-state index in [0.717, 1.165) is 0 Å². The first kappa shape index (κ1) is 8.89. The molecule has 1 fully saturated rings. The Kier molecular flexibility index (Phi) is 2.80. The summed E-state index contributed by atoms with van der Waals surface area (Å²) in [5.41, 5.74) is 5.43. The van der Waals surface area contributed by atoms with E-state index in [9.17, 15) is 10.2 Å². The van der Waals surface area contributed by atoms with Crippen molar-refractivity contribution in [3.05, 3.63) is 0 Å². The number of nitrogens with two attached hydrogens (primary N) is 1. The molecule has 66 valence electrons. The normalized spacial score (nSPS) is 45.8. The Hall–Kier alpha value is -0.200. The molecule has 0 aromatic rings. The van der Waals surface area contributed by atoms with E-state index in [2.05, 4.69) is 5.32 Å². The third-order valence-electron chi connectivity index (χ3n) is 2.01. The van der Waals surface area contributed by atoms with E-state index in [4.69, 9.17) is 10.8 Å². The van der Waals surface area contributed by atoms with E-state index in [-0.39, 0.29) is 6.61 Å². The number of hydrogen-bond acceptors (Lipinski definition) is 5. The van der Waals surface area contributed by atoms with Crippen LogP contribution in [0.5, 0.6) is 0 Å². The van der Waals surface area contributed by atoms with Crippen LogP contribution in [0.25, 0.3) is 0 Å². The second-order valence-electron chi connectivity index (χ2n) is 2.84. The van der Waals surface area contributed by atoms with Crippen molar-refractivity contribution in [2.24, 2.45) is 5.73 Å². The maximum absolute atomic E-state index is 9.26. The minimum absolute atomic E-state index is 0.190. The van der Waals surface area contributed by atoms with E-state index < -0.39 is 24.3 Å². The first-order chi connectivity index (χ1) is 5.16. The van der Waals surface area contributed by atoms with Gasteiger partial charge < -0.3 is 26.4 Å². The van der Waals surface area contributed by atoms with Gasteiger partial charge in [-0.05, 0) is 0 Å². The lowest BCUT2D eigenvalue weighted by molar-refractivity contribution is -0.0480. The fourth-order valence-electron chi connectivity index (χ4n) is 1.19. The average molecular weight is 162 g/mol. The predicted molar refractivity (Wildman–Crippen MR) is 38.9 cm³/mol. The number of rotatable bonds is 1. The molecule has 4 atom stereocenters. The molecule has 11 heavy (non-hydrogen) atoms. The highest BCUT2D eigenvalue weighted by Gasteiger charge is 2.34. The lowest BCUT2D eigenvalue weighted by Gasteiger charge is -2.35. The topological polar surface area (TPSA) is 98.7 Å². The van der Waals surface area contributed by atoms with Crippen LogP contribution in [0.3, 0.4) is 0 Å². The van der Waals surface area contributed by atoms with Gasteiger partial charge in [0, 0.05) is 12.6 Å². The van der Waals surface area contributed by atoms with Crippen LogP contribution in [0.4, 0.5) is 0 Å². The zero-order valence-corrected chi connectivity index (χ0v) is 6.14. The number of hydrogen-bond donors (Lipinski definition) is 5. The summed E-state index contributed by atoms with van der Waals surface area (Å²) in [7, 11) is 0. The summed E-state index contributed by atoms with van der Waals surface area (Å²) in [5, 5.41) is 30.0. The van der Waals surface area contributed by atoms with Crippen molar-refractivity contribution in [1.82, 2.24) is 5.32 Å². The summed E-state index contributed by atoms with van der Waals surface area (Å²) in [6, 6.07) is -0.905. The molecular formula is C6H14N2O3. The van der Waals surface area contributed by atoms with Crippen LogP contribution in [-0.2, 0) is 0 Å². The molecule has 1 saturated heterocycles. The Morgan fingerprint density at radius 2 is 2.00 bits per heavy atom. The van der Waals surface area contributed by atoms with Crippen LogP contribution in [0.2, 0.25) is 0 Å². The molecule has 6 N–H and O–H groups in total. The first-order valence-corrected chi connectivity index (χ1v) is 3.62. The van der Waals surface area contributed by atoms with E-state index in [1.54, 1.807) is 0 Å². The summed E-state index contributed by atoms with van der Waals surface area (Å²) in [6.07, 6.45) is -1.91. The van der Waals surface area contributed by atoms with Crippen molar-refractivity contribution in [2.75, 3.05) is 13.2 Å². The molecule has 0 aliphatic carbocycles. The smallest absolute Gasteiger partial charge is 0.0989 e. The van der Waals surface area contributed by atoms with Crippen molar-refractivity contribution in [1.29, 1.82) is 0 Å². The number of piperidine rings is 1. The highest BCUT2D eigenvalue weighted by Crippen LogP contribution is 2.08. The molecule has 1 aliphatic rings. The summed E-state index contributed by atoms with van der Waals surface area (Å²) in [6.45, 7) is 0.231. The largest absolute Gasteiger partial charge is 0.395 e. The molecule has 0 bridgehead atoms. The third kappa shape index (κ3) is 1.69. The molecule has 0 saturated carbocycles. The lowest BCUT2D eigenvalue weighted by atomic mass is 9.95. The van der Waals surface area contributed by atoms with Gasteiger partial charge in [-0.25, -0.2) is 0 Å². The van der Waals surface area contributed by atoms with Gasteiger partial charge in [-0.1, -0.05) is 0 Å². The molecule has 0 radical (unpaired) electrons. The molecule has 1 rings (SSSR count). The van der Waals surface area contributed by atoms with Crippen LogP contribution in [0, 0.1) is 0 Å². The fraction of sp³-hybridized carbons (Fsp3) is 1.00. The Labute approximate surface area is 64.8 Å². The molecule has 5 heteroatoms. The zero-order chi connectivity index (χ0) is 8.43. The Morgan fingerprint density at radius 3 is 2.55 bits per heavy atom. The first-order valence-electron chi connectivity index (χ1n) is 3.62. The van der Waals surface area contributed by atoms with Crippen molar-refractivity contribution >= 4 is 0 Å². The predicted octanol–water partition coefficient (Wildman–Crippen LogP) is -3.00. The zero-order valence-electron chi connectivity index (χ0n) is 6.14. The molecule has 1 aliphatic heterocycles. The Morgan fingerprint density at radius 1 is 1.36 bits per heavy atom. The number of aliphatic hydroxyl groups is 3. The van der Waals surface area contributed by atoms with Gasteiger partial charge in [0.1, 0.15) is 0 Å². The van der Waals surface area contributed by atoms with E-state index in [1.807, 2.05) is 0 Å². The SMILES string of the molecule is N[C@H]1CN[C@H](CO)[C@@H](O)[C@H]1O. The maximum Gasteiger partial charge on any atom is 0.0989 e. The molecule has 0 unspecified atom stereocenters. The van der Waals surface area contributed by atoms with Crippen molar-refractivity contribution in [3.63, 3.8) is 0 Å². The second kappa shape index (κ2) is 3.46. The van der Waals surface area contributed by atoms with Crippen LogP contribution < -0.4 is 11.1 Å². The van der Waals surface area contributed by atoms with Crippen LogP contribution in [0.15, 0.2) is 0 Å². The molecule has 0 aromatic carbocycles. The minimum Gasteiger partial charge on any atom is -0.395 e. The monoisotopic (exact) mass is 162 g/mol. The lowest BCUT2D eigenvalue weighted by Crippen LogP contribution is -2.63. The standard InChI is InChI=1S/C6H14N2O3/c7-3-1-8-4(2-9)6(11)5(3)10/h3-6,8-11H,1-2,7H2/t3-,4+,5-,6+/m0/s1. The van der Waals surface area contributed by atoms with Crippen LogP contribution >= 0.6 is 0 Å². The van der Waals surface area contributed by atoms with Gasteiger partial charge in [0.05, 0.1) is 24.9 Å². The van der Waals surface area contributed by atoms with Gasteiger partial charge in [-0.3, -0.25) is 0 Å². The Bertz CT molecular complexity index is 131. The summed E-state index contributed by atoms with van der Waals surface area (Å²) >= 11 is 0. The fourth-order valence-corrected chi connectivity index (χ4v) is 1.19. The van der Waals surface area contributed by atoms with E-state index in [1.165, 1.54) is 0 Å². The average Bonchev–Trinajstić information content (AvgIpc) is 2.01. The summed E-state index contributed by atoms with van der Waals surface area (Å²) in [5.74, 6) is 0. The van der Waals surface area contributed by atoms with Gasteiger partial charge in [-0.15, -0.1) is 0 Å². The molecule has 0 spiro atoms. The van der Waals surface area contributed by atoms with Crippen molar-refractivity contribution in [3.8, 4) is 0 Å². The minimum atomic E-state index is -0.969. The maximum atomic E-state index is 9.26. The van der Waals surface area contributed by atoms with Gasteiger partial charge in [0.25, 0.3) is 0 Å². The molecule has 1 heterocycles. The molecule has 5 nitrogen and oxygen atoms in total. The van der Waals surface area contributed by atoms with Gasteiger partial charge in [0.2, 0.25) is 0 Å². The van der Waals surface area contributed by atoms with Crippen molar-refractivity contribution in [2.45, 2.75) is 24.3 Å². The quantitative estimate of drug-likeness (QED) is 0.283. The number of aliphatic hydroxyl groups excluding tert-OH is 3. The molecule has 0 aromatic heterocycles. The summed E-state index contributed by atoms with van der Waals surface area (Å²) in [4.78, 5) is 0. The van der Waals surface area contributed by atoms with Crippen molar-refractivity contribution < 1.29 is 15.3 Å². The molecular weight excluding hydrogens is 148 g/mol. The summed E-state index contributed by atoms with van der Waals surface area (Å²) < 4.78 is 0. The highest BCUT2D eigenvalue weighted by atomic mass is 16.3. The second-order valence-corrected chi connectivity index (χ2v) is 2.84. The van der Waals surface area contributed by atoms with Crippen LogP contribution in [-0.4, -0.2) is 52.8 Å². The number of nitrogens with one attached hydrogen (secondary N) is 1. The van der Waals surface area contributed by atoms with Crippen LogP contribution in [0.1, 0.15) is 0 Å². The molecule has 0 amide bonds. The van der Waals surface area contributed by atoms with Gasteiger partial charge in [-0.2, -0.15) is 0 Å². The van der Waals surface area contributed by atoms with Gasteiger partial charge >= 0.3 is 0 Å². The van der Waals surface area contributed by atoms with E-state index in [0.29, 0.717) is 6.54 Å². The van der Waals surface area contributed by atoms with E-state index >= 15 is 0 Å². The highest BCUT2D eigenvalue weighted by molar-refractivity contribution is 4.93. The third-order valence-corrected chi connectivity index (χ3v) is 2.01.